The van der Waals surface area contributed by atoms with Crippen molar-refractivity contribution in [2.45, 2.75) is 26.3 Å². The minimum absolute atomic E-state index is 0.0537. The molecule has 3 aromatic rings. The highest BCUT2D eigenvalue weighted by Gasteiger charge is 2.19. The van der Waals surface area contributed by atoms with Gasteiger partial charge < -0.3 is 20.5 Å². The number of ether oxygens (including phenoxy) is 1. The summed E-state index contributed by atoms with van der Waals surface area (Å²) in [4.78, 5) is 42.1. The lowest BCUT2D eigenvalue weighted by Gasteiger charge is -2.11. The Balaban J connectivity index is 1.73. The van der Waals surface area contributed by atoms with Crippen molar-refractivity contribution in [3.05, 3.63) is 85.4 Å². The van der Waals surface area contributed by atoms with Crippen LogP contribution in [0.15, 0.2) is 58.0 Å². The Morgan fingerprint density at radius 1 is 1.17 bits per heavy atom. The predicted octanol–water partition coefficient (Wildman–Crippen LogP) is 4.61. The summed E-state index contributed by atoms with van der Waals surface area (Å²) in [7, 11) is 1.23. The molecule has 10 heteroatoms. The molecule has 2 aromatic carbocycles. The molecule has 0 bridgehead atoms. The number of rotatable bonds is 8. The molecular weight excluding hydrogens is 534 g/mol. The standard InChI is InChI=1S/C25H24BrN3O5S/c1-14(2)21-13-35-22(28-21)11-20(25(33)34-3)29-24(32)18-8-7-16(10-19(18)26)23(31)27-12-15-5-4-6-17(30)9-15/h4-11,13-14,30H,12H2,1-3H3,(H,27,31)(H,29,32). The fourth-order valence-corrected chi connectivity index (χ4v) is 4.46. The first-order chi connectivity index (χ1) is 16.7. The Morgan fingerprint density at radius 2 is 1.94 bits per heavy atom. The van der Waals surface area contributed by atoms with Gasteiger partial charge in [-0.1, -0.05) is 26.0 Å². The maximum atomic E-state index is 12.9. The van der Waals surface area contributed by atoms with E-state index in [1.165, 1.54) is 42.7 Å². The zero-order chi connectivity index (χ0) is 25.5. The first-order valence-corrected chi connectivity index (χ1v) is 12.3. The molecule has 1 heterocycles. The molecule has 0 radical (unpaired) electrons. The summed E-state index contributed by atoms with van der Waals surface area (Å²) < 4.78 is 5.18. The van der Waals surface area contributed by atoms with E-state index in [1.807, 2.05) is 19.2 Å². The van der Waals surface area contributed by atoms with Crippen molar-refractivity contribution in [3.63, 3.8) is 0 Å². The van der Waals surface area contributed by atoms with Gasteiger partial charge in [-0.05, 0) is 57.7 Å². The lowest BCUT2D eigenvalue weighted by atomic mass is 10.1. The maximum Gasteiger partial charge on any atom is 0.354 e. The van der Waals surface area contributed by atoms with Crippen molar-refractivity contribution >= 4 is 51.1 Å². The highest BCUT2D eigenvalue weighted by molar-refractivity contribution is 9.10. The van der Waals surface area contributed by atoms with Crippen LogP contribution in [0.3, 0.4) is 0 Å². The van der Waals surface area contributed by atoms with E-state index in [9.17, 15) is 19.5 Å². The molecule has 0 spiro atoms. The SMILES string of the molecule is COC(=O)C(=Cc1nc(C(C)C)cs1)NC(=O)c1ccc(C(=O)NCc2cccc(O)c2)cc1Br. The number of benzene rings is 2. The number of hydrogen-bond donors (Lipinski definition) is 3. The molecule has 8 nitrogen and oxygen atoms in total. The van der Waals surface area contributed by atoms with Crippen molar-refractivity contribution in [1.82, 2.24) is 15.6 Å². The van der Waals surface area contributed by atoms with E-state index in [1.54, 1.807) is 24.3 Å². The quantitative estimate of drug-likeness (QED) is 0.275. The first kappa shape index (κ1) is 26.1. The number of carbonyl (C=O) groups is 3. The van der Waals surface area contributed by atoms with Gasteiger partial charge in [0.2, 0.25) is 0 Å². The minimum atomic E-state index is -0.710. The number of halogens is 1. The van der Waals surface area contributed by atoms with Crippen LogP contribution >= 0.6 is 27.3 Å². The number of carbonyl (C=O) groups excluding carboxylic acids is 3. The molecular formula is C25H24BrN3O5S. The molecule has 35 heavy (non-hydrogen) atoms. The Hall–Kier alpha value is -3.50. The van der Waals surface area contributed by atoms with E-state index in [4.69, 9.17) is 4.74 Å². The molecule has 1 aromatic heterocycles. The van der Waals surface area contributed by atoms with E-state index in [-0.39, 0.29) is 35.4 Å². The van der Waals surface area contributed by atoms with Gasteiger partial charge in [0.1, 0.15) is 16.5 Å². The largest absolute Gasteiger partial charge is 0.508 e. The third-order valence-electron chi connectivity index (χ3n) is 4.89. The van der Waals surface area contributed by atoms with Crippen LogP contribution in [0.25, 0.3) is 6.08 Å². The van der Waals surface area contributed by atoms with Crippen LogP contribution in [0.5, 0.6) is 5.75 Å². The van der Waals surface area contributed by atoms with Gasteiger partial charge >= 0.3 is 5.97 Å². The average Bonchev–Trinajstić information content (AvgIpc) is 3.30. The number of nitrogens with one attached hydrogen (secondary N) is 2. The number of thiazole rings is 1. The Labute approximate surface area is 215 Å². The Morgan fingerprint density at radius 3 is 2.57 bits per heavy atom. The molecule has 0 aliphatic heterocycles. The molecule has 3 rings (SSSR count). The average molecular weight is 558 g/mol. The lowest BCUT2D eigenvalue weighted by molar-refractivity contribution is -0.136. The number of amides is 2. The maximum absolute atomic E-state index is 12.9. The number of phenolic OH excluding ortho intramolecular Hbond substituents is 1. The van der Waals surface area contributed by atoms with Crippen LogP contribution in [-0.2, 0) is 16.1 Å². The first-order valence-electron chi connectivity index (χ1n) is 10.6. The molecule has 0 aliphatic carbocycles. The second-order valence-electron chi connectivity index (χ2n) is 7.82. The van der Waals surface area contributed by atoms with Crippen LogP contribution in [-0.4, -0.2) is 35.0 Å². The Bertz CT molecular complexity index is 1290. The number of nitrogens with zero attached hydrogens (tertiary/aromatic N) is 1. The predicted molar refractivity (Wildman–Crippen MR) is 137 cm³/mol. The fourth-order valence-electron chi connectivity index (χ4n) is 2.99. The molecule has 0 saturated heterocycles. The number of esters is 1. The second-order valence-corrected chi connectivity index (χ2v) is 9.56. The van der Waals surface area contributed by atoms with Gasteiger partial charge in [-0.3, -0.25) is 9.59 Å². The highest BCUT2D eigenvalue weighted by atomic mass is 79.9. The van der Waals surface area contributed by atoms with Gasteiger partial charge in [0, 0.05) is 28.0 Å². The molecule has 0 atom stereocenters. The third-order valence-corrected chi connectivity index (χ3v) is 6.36. The number of phenols is 1. The van der Waals surface area contributed by atoms with Gasteiger partial charge in [0.05, 0.1) is 18.4 Å². The molecule has 3 N–H and O–H groups in total. The van der Waals surface area contributed by atoms with Gasteiger partial charge in [-0.25, -0.2) is 9.78 Å². The number of hydrogen-bond acceptors (Lipinski definition) is 7. The summed E-state index contributed by atoms with van der Waals surface area (Å²) in [6, 6.07) is 11.1. The van der Waals surface area contributed by atoms with Crippen molar-refractivity contribution in [2.24, 2.45) is 0 Å². The zero-order valence-corrected chi connectivity index (χ0v) is 21.7. The van der Waals surface area contributed by atoms with Crippen molar-refractivity contribution < 1.29 is 24.2 Å². The summed E-state index contributed by atoms with van der Waals surface area (Å²) >= 11 is 4.69. The van der Waals surface area contributed by atoms with Crippen LogP contribution < -0.4 is 10.6 Å². The van der Waals surface area contributed by atoms with Crippen molar-refractivity contribution in [2.75, 3.05) is 7.11 Å². The van der Waals surface area contributed by atoms with Crippen molar-refractivity contribution in [3.8, 4) is 5.75 Å². The molecule has 2 amide bonds. The molecule has 0 aliphatic rings. The van der Waals surface area contributed by atoms with E-state index in [2.05, 4.69) is 31.5 Å². The van der Waals surface area contributed by atoms with Gasteiger partial charge in [-0.2, -0.15) is 0 Å². The van der Waals surface area contributed by atoms with E-state index >= 15 is 0 Å². The fraction of sp³-hybridized carbons (Fsp3) is 0.200. The topological polar surface area (TPSA) is 118 Å². The number of aromatic hydroxyl groups is 1. The molecule has 0 fully saturated rings. The highest BCUT2D eigenvalue weighted by Crippen LogP contribution is 2.22. The molecule has 0 saturated carbocycles. The Kier molecular flexibility index (Phi) is 8.78. The number of methoxy groups -OCH3 is 1. The van der Waals surface area contributed by atoms with Crippen LogP contribution in [0.4, 0.5) is 0 Å². The normalized spacial score (nSPS) is 11.3. The second kappa shape index (κ2) is 11.8. The van der Waals surface area contributed by atoms with E-state index in [0.29, 0.717) is 15.0 Å². The van der Waals surface area contributed by atoms with Crippen molar-refractivity contribution in [1.29, 1.82) is 0 Å². The summed E-state index contributed by atoms with van der Waals surface area (Å²) in [5.41, 5.74) is 2.14. The molecule has 0 unspecified atom stereocenters. The summed E-state index contributed by atoms with van der Waals surface area (Å²) in [6.45, 7) is 4.26. The third kappa shape index (κ3) is 7.00. The zero-order valence-electron chi connectivity index (χ0n) is 19.3. The minimum Gasteiger partial charge on any atom is -0.508 e. The van der Waals surface area contributed by atoms with Gasteiger partial charge in [0.15, 0.2) is 0 Å². The van der Waals surface area contributed by atoms with Crippen LogP contribution in [0.1, 0.15) is 56.7 Å². The van der Waals surface area contributed by atoms with Gasteiger partial charge in [-0.15, -0.1) is 11.3 Å². The lowest BCUT2D eigenvalue weighted by Crippen LogP contribution is -2.28. The summed E-state index contributed by atoms with van der Waals surface area (Å²) in [5, 5.41) is 17.3. The smallest absolute Gasteiger partial charge is 0.354 e. The van der Waals surface area contributed by atoms with E-state index < -0.39 is 11.9 Å². The number of aromatic nitrogens is 1. The summed E-state index contributed by atoms with van der Waals surface area (Å²) in [5.74, 6) is -1.26. The van der Waals surface area contributed by atoms with Crippen LogP contribution in [0.2, 0.25) is 0 Å². The van der Waals surface area contributed by atoms with E-state index in [0.717, 1.165) is 11.3 Å². The summed E-state index contributed by atoms with van der Waals surface area (Å²) in [6.07, 6.45) is 1.47. The van der Waals surface area contributed by atoms with Crippen LogP contribution in [0, 0.1) is 0 Å². The molecule has 182 valence electrons. The van der Waals surface area contributed by atoms with Gasteiger partial charge in [0.25, 0.3) is 11.8 Å². The monoisotopic (exact) mass is 557 g/mol.